The number of rotatable bonds is 3. The molecule has 0 saturated heterocycles. The molecular weight excluding hydrogens is 419 g/mol. The smallest absolute Gasteiger partial charge is 0.199 e. The van der Waals surface area contributed by atoms with E-state index in [9.17, 15) is 21.6 Å². The van der Waals surface area contributed by atoms with Gasteiger partial charge in [-0.2, -0.15) is 26.0 Å². The van der Waals surface area contributed by atoms with E-state index >= 15 is 0 Å². The highest BCUT2D eigenvalue weighted by Crippen LogP contribution is 2.30. The minimum Gasteiger partial charge on any atom is -0.199 e. The van der Waals surface area contributed by atoms with Crippen LogP contribution >= 0.6 is 27.5 Å². The van der Waals surface area contributed by atoms with Crippen LogP contribution in [0, 0.1) is 0 Å². The molecule has 0 heterocycles. The van der Waals surface area contributed by atoms with Crippen LogP contribution in [0.5, 0.6) is 0 Å². The minimum atomic E-state index is -4.53. The molecule has 23 heavy (non-hydrogen) atoms. The lowest BCUT2D eigenvalue weighted by atomic mass is 10.2. The second-order valence-electron chi connectivity index (χ2n) is 4.40. The number of sulfonamides is 1. The highest BCUT2D eigenvalue weighted by molar-refractivity contribution is 9.10. The first kappa shape index (κ1) is 18.0. The average molecular weight is 427 g/mol. The van der Waals surface area contributed by atoms with E-state index in [0.717, 1.165) is 18.3 Å². The van der Waals surface area contributed by atoms with Crippen LogP contribution in [0.3, 0.4) is 0 Å². The minimum absolute atomic E-state index is 0.333. The van der Waals surface area contributed by atoms with Crippen LogP contribution in [0.25, 0.3) is 0 Å². The highest BCUT2D eigenvalue weighted by atomic mass is 79.9. The Labute approximate surface area is 144 Å². The first-order valence-electron chi connectivity index (χ1n) is 6.02. The lowest BCUT2D eigenvalue weighted by Gasteiger charge is -2.06. The van der Waals surface area contributed by atoms with Gasteiger partial charge in [0.05, 0.1) is 10.5 Å². The standard InChI is InChI=1S/C14H8BrClF3NO2S/c15-13-6-3-11(16)7-9(13)8-20-23(21,22)12-4-1-10(2-5-12)14(17,18)19/h1-8H/b20-8+. The zero-order chi connectivity index (χ0) is 17.3. The van der Waals surface area contributed by atoms with E-state index in [0.29, 0.717) is 27.2 Å². The molecule has 0 bridgehead atoms. The topological polar surface area (TPSA) is 46.5 Å². The normalized spacial score (nSPS) is 12.7. The first-order chi connectivity index (χ1) is 10.6. The second kappa shape index (κ2) is 6.62. The Morgan fingerprint density at radius 1 is 1.09 bits per heavy atom. The summed E-state index contributed by atoms with van der Waals surface area (Å²) in [5.74, 6) is 0. The van der Waals surface area contributed by atoms with Gasteiger partial charge in [-0.1, -0.05) is 27.5 Å². The molecule has 0 radical (unpaired) electrons. The number of hydrogen-bond donors (Lipinski definition) is 0. The maximum Gasteiger partial charge on any atom is 0.416 e. The fourth-order valence-electron chi connectivity index (χ4n) is 1.62. The van der Waals surface area contributed by atoms with E-state index in [1.54, 1.807) is 12.1 Å². The van der Waals surface area contributed by atoms with E-state index in [4.69, 9.17) is 11.6 Å². The van der Waals surface area contributed by atoms with Crippen molar-refractivity contribution >= 4 is 43.8 Å². The van der Waals surface area contributed by atoms with Crippen molar-refractivity contribution in [2.24, 2.45) is 4.40 Å². The summed E-state index contributed by atoms with van der Waals surface area (Å²) < 4.78 is 65.5. The fraction of sp³-hybridized carbons (Fsp3) is 0.0714. The Morgan fingerprint density at radius 3 is 2.26 bits per heavy atom. The van der Waals surface area contributed by atoms with Gasteiger partial charge in [0.25, 0.3) is 10.0 Å². The zero-order valence-electron chi connectivity index (χ0n) is 11.2. The van der Waals surface area contributed by atoms with Crippen LogP contribution in [-0.4, -0.2) is 14.6 Å². The van der Waals surface area contributed by atoms with Crippen LogP contribution in [0.4, 0.5) is 13.2 Å². The van der Waals surface area contributed by atoms with Crippen molar-refractivity contribution in [1.29, 1.82) is 0 Å². The van der Waals surface area contributed by atoms with Gasteiger partial charge in [0.1, 0.15) is 0 Å². The van der Waals surface area contributed by atoms with Gasteiger partial charge in [0.2, 0.25) is 0 Å². The predicted molar refractivity (Wildman–Crippen MR) is 85.4 cm³/mol. The number of alkyl halides is 3. The van der Waals surface area contributed by atoms with Gasteiger partial charge < -0.3 is 0 Å². The van der Waals surface area contributed by atoms with Crippen molar-refractivity contribution < 1.29 is 21.6 Å². The Hall–Kier alpha value is -1.38. The van der Waals surface area contributed by atoms with Crippen molar-refractivity contribution in [2.45, 2.75) is 11.1 Å². The van der Waals surface area contributed by atoms with E-state index in [1.165, 1.54) is 6.07 Å². The number of benzene rings is 2. The third-order valence-corrected chi connectivity index (χ3v) is 4.98. The lowest BCUT2D eigenvalue weighted by molar-refractivity contribution is -0.137. The van der Waals surface area contributed by atoms with Gasteiger partial charge in [-0.15, -0.1) is 0 Å². The highest BCUT2D eigenvalue weighted by Gasteiger charge is 2.30. The fourth-order valence-corrected chi connectivity index (χ4v) is 3.00. The van der Waals surface area contributed by atoms with Crippen molar-refractivity contribution in [3.05, 3.63) is 63.1 Å². The van der Waals surface area contributed by atoms with E-state index < -0.39 is 21.8 Å². The van der Waals surface area contributed by atoms with Crippen LogP contribution < -0.4 is 0 Å². The summed E-state index contributed by atoms with van der Waals surface area (Å²) in [7, 11) is -4.11. The molecule has 0 aromatic heterocycles. The quantitative estimate of drug-likeness (QED) is 0.654. The Kier molecular flexibility index (Phi) is 5.17. The Balaban J connectivity index is 2.32. The van der Waals surface area contributed by atoms with Gasteiger partial charge in [0.15, 0.2) is 0 Å². The van der Waals surface area contributed by atoms with Gasteiger partial charge >= 0.3 is 6.18 Å². The third-order valence-electron chi connectivity index (χ3n) is 2.77. The maximum atomic E-state index is 12.5. The molecule has 2 aromatic carbocycles. The summed E-state index contributed by atoms with van der Waals surface area (Å²) in [5, 5.41) is 0.390. The van der Waals surface area contributed by atoms with Gasteiger partial charge in [-0.25, -0.2) is 0 Å². The summed E-state index contributed by atoms with van der Waals surface area (Å²) in [6.07, 6.45) is -3.46. The summed E-state index contributed by atoms with van der Waals surface area (Å²) in [4.78, 5) is -0.333. The number of hydrogen-bond acceptors (Lipinski definition) is 2. The maximum absolute atomic E-state index is 12.5. The summed E-state index contributed by atoms with van der Waals surface area (Å²) >= 11 is 9.02. The van der Waals surface area contributed by atoms with E-state index in [1.807, 2.05) is 0 Å². The molecular formula is C14H8BrClF3NO2S. The van der Waals surface area contributed by atoms with Gasteiger partial charge in [-0.05, 0) is 42.5 Å². The monoisotopic (exact) mass is 425 g/mol. The van der Waals surface area contributed by atoms with Crippen LogP contribution in [0.15, 0.2) is 56.2 Å². The molecule has 9 heteroatoms. The molecule has 0 fully saturated rings. The molecule has 0 spiro atoms. The Bertz CT molecular complexity index is 849. The molecule has 0 atom stereocenters. The van der Waals surface area contributed by atoms with Crippen LogP contribution in [0.2, 0.25) is 5.02 Å². The molecule has 0 saturated carbocycles. The molecule has 0 N–H and O–H groups in total. The molecule has 122 valence electrons. The molecule has 3 nitrogen and oxygen atoms in total. The van der Waals surface area contributed by atoms with Crippen molar-refractivity contribution in [3.8, 4) is 0 Å². The van der Waals surface area contributed by atoms with E-state index in [2.05, 4.69) is 20.3 Å². The lowest BCUT2D eigenvalue weighted by Crippen LogP contribution is -2.05. The van der Waals surface area contributed by atoms with Gasteiger partial charge in [0, 0.05) is 21.3 Å². The summed E-state index contributed by atoms with van der Waals surface area (Å²) in [6, 6.07) is 7.83. The molecule has 0 aliphatic carbocycles. The zero-order valence-corrected chi connectivity index (χ0v) is 14.3. The second-order valence-corrected chi connectivity index (χ2v) is 7.32. The van der Waals surface area contributed by atoms with Crippen molar-refractivity contribution in [3.63, 3.8) is 0 Å². The van der Waals surface area contributed by atoms with Crippen molar-refractivity contribution in [1.82, 2.24) is 0 Å². The van der Waals surface area contributed by atoms with Crippen molar-refractivity contribution in [2.75, 3.05) is 0 Å². The third kappa shape index (κ3) is 4.55. The summed E-state index contributed by atoms with van der Waals surface area (Å²) in [6.45, 7) is 0. The Morgan fingerprint density at radius 2 is 1.70 bits per heavy atom. The summed E-state index contributed by atoms with van der Waals surface area (Å²) in [5.41, 5.74) is -0.508. The SMILES string of the molecule is O=S(=O)(/N=C/c1cc(Cl)ccc1Br)c1ccc(C(F)(F)F)cc1. The first-order valence-corrected chi connectivity index (χ1v) is 8.63. The average Bonchev–Trinajstić information content (AvgIpc) is 2.47. The van der Waals surface area contributed by atoms with Crippen LogP contribution in [-0.2, 0) is 16.2 Å². The molecule has 0 amide bonds. The number of halogens is 5. The van der Waals surface area contributed by atoms with Gasteiger partial charge in [-0.3, -0.25) is 0 Å². The largest absolute Gasteiger partial charge is 0.416 e. The number of nitrogens with zero attached hydrogens (tertiary/aromatic N) is 1. The van der Waals surface area contributed by atoms with E-state index in [-0.39, 0.29) is 4.90 Å². The molecule has 2 aromatic rings. The molecule has 2 rings (SSSR count). The van der Waals surface area contributed by atoms with Crippen LogP contribution in [0.1, 0.15) is 11.1 Å². The molecule has 0 unspecified atom stereocenters. The molecule has 0 aliphatic rings. The molecule has 0 aliphatic heterocycles. The predicted octanol–water partition coefficient (Wildman–Crippen LogP) is 4.93.